The van der Waals surface area contributed by atoms with Gasteiger partial charge < -0.3 is 9.88 Å². The highest BCUT2D eigenvalue weighted by molar-refractivity contribution is 5.89. The van der Waals surface area contributed by atoms with E-state index in [9.17, 15) is 0 Å². The molecule has 46 heavy (non-hydrogen) atoms. The number of allylic oxidation sites excluding steroid dienone is 1. The number of hydrogen-bond donors (Lipinski definition) is 1. The zero-order valence-electron chi connectivity index (χ0n) is 29.9. The highest BCUT2D eigenvalue weighted by Crippen LogP contribution is 2.50. The third-order valence-electron chi connectivity index (χ3n) is 11.7. The number of nitrogens with zero attached hydrogens (tertiary/aromatic N) is 2. The molecule has 2 fully saturated rings. The van der Waals surface area contributed by atoms with Crippen LogP contribution in [0.25, 0.3) is 27.7 Å². The van der Waals surface area contributed by atoms with Crippen molar-refractivity contribution in [1.82, 2.24) is 14.9 Å². The Morgan fingerprint density at radius 1 is 1.02 bits per heavy atom. The Morgan fingerprint density at radius 2 is 1.78 bits per heavy atom. The molecule has 3 nitrogen and oxygen atoms in total. The number of para-hydroxylation sites is 1. The Kier molecular flexibility index (Phi) is 9.62. The lowest BCUT2D eigenvalue weighted by atomic mass is 9.77. The van der Waals surface area contributed by atoms with Crippen LogP contribution in [0.15, 0.2) is 54.1 Å². The van der Waals surface area contributed by atoms with Crippen molar-refractivity contribution in [3.8, 4) is 11.1 Å². The maximum atomic E-state index is 5.61. The molecule has 2 aliphatic carbocycles. The second kappa shape index (κ2) is 13.5. The first kappa shape index (κ1) is 32.8. The normalized spacial score (nSPS) is 17.7. The second-order valence-electron chi connectivity index (χ2n) is 15.3. The van der Waals surface area contributed by atoms with E-state index in [0.717, 1.165) is 31.3 Å². The fraction of sp³-hybridized carbons (Fsp3) is 0.512. The predicted molar refractivity (Wildman–Crippen MR) is 197 cm³/mol. The summed E-state index contributed by atoms with van der Waals surface area (Å²) in [6, 6.07) is 18.8. The molecular weight excluding hydrogens is 558 g/mol. The lowest BCUT2D eigenvalue weighted by molar-refractivity contribution is 0.317. The molecule has 0 saturated heterocycles. The maximum absolute atomic E-state index is 5.61. The zero-order valence-corrected chi connectivity index (χ0v) is 29.9. The molecule has 1 unspecified atom stereocenters. The third kappa shape index (κ3) is 6.63. The van der Waals surface area contributed by atoms with Gasteiger partial charge >= 0.3 is 0 Å². The second-order valence-corrected chi connectivity index (χ2v) is 15.3. The fourth-order valence-corrected chi connectivity index (χ4v) is 8.07. The molecular formula is C43H57N3. The molecule has 4 aromatic rings. The van der Waals surface area contributed by atoms with Crippen LogP contribution >= 0.6 is 0 Å². The molecule has 1 aromatic heterocycles. The monoisotopic (exact) mass is 615 g/mol. The zero-order chi connectivity index (χ0) is 32.6. The summed E-state index contributed by atoms with van der Waals surface area (Å²) >= 11 is 0. The van der Waals surface area contributed by atoms with Crippen LogP contribution in [-0.4, -0.2) is 16.1 Å². The molecule has 2 aliphatic rings. The molecule has 1 heterocycles. The van der Waals surface area contributed by atoms with Gasteiger partial charge in [0.2, 0.25) is 0 Å². The summed E-state index contributed by atoms with van der Waals surface area (Å²) < 4.78 is 2.39. The Hall–Kier alpha value is -3.17. The number of fused-ring (bicyclic) bond motifs is 1. The standard InChI is InChI=1S/C43H57N3/c1-9-44-27-35-24-28(2)25-38(32(35)6)34-19-18-29(3)37(26-34)40(30(4)20-21-43(7)22-23-43)42-45-41-36(16-13-17-39(41)46(42)8)31(5)33-14-11-10-12-15-33/h13,16-19,24-26,31,33,44H,9-12,14-15,20-23,27H2,1-8H3. The van der Waals surface area contributed by atoms with Gasteiger partial charge in [-0.1, -0.05) is 87.6 Å². The SMILES string of the molecule is CCNCc1cc(C)cc(-c2ccc(C)c(C(=C(C)CCC3(C)CC3)c3nc4c(C(C)C5CCCCC5)cccc4n3C)c2)c1C. The summed E-state index contributed by atoms with van der Waals surface area (Å²) in [5.74, 6) is 2.40. The minimum atomic E-state index is 0.514. The van der Waals surface area contributed by atoms with Gasteiger partial charge in [-0.2, -0.15) is 0 Å². The fourth-order valence-electron chi connectivity index (χ4n) is 8.07. The Morgan fingerprint density at radius 3 is 2.50 bits per heavy atom. The molecule has 244 valence electrons. The van der Waals surface area contributed by atoms with Gasteiger partial charge in [0.1, 0.15) is 5.82 Å². The lowest BCUT2D eigenvalue weighted by Crippen LogP contribution is -2.14. The summed E-state index contributed by atoms with van der Waals surface area (Å²) in [7, 11) is 2.24. The average Bonchev–Trinajstić information content (AvgIpc) is 3.72. The van der Waals surface area contributed by atoms with Gasteiger partial charge in [-0.15, -0.1) is 0 Å². The molecule has 3 aromatic carbocycles. The van der Waals surface area contributed by atoms with Crippen molar-refractivity contribution in [2.24, 2.45) is 18.4 Å². The van der Waals surface area contributed by atoms with Crippen molar-refractivity contribution in [3.05, 3.63) is 93.3 Å². The first-order valence-corrected chi connectivity index (χ1v) is 18.2. The van der Waals surface area contributed by atoms with E-state index in [4.69, 9.17) is 4.98 Å². The van der Waals surface area contributed by atoms with E-state index in [1.165, 1.54) is 118 Å². The van der Waals surface area contributed by atoms with Crippen molar-refractivity contribution >= 4 is 16.6 Å². The largest absolute Gasteiger partial charge is 0.327 e. The topological polar surface area (TPSA) is 29.9 Å². The molecule has 0 radical (unpaired) electrons. The van der Waals surface area contributed by atoms with Gasteiger partial charge in [-0.25, -0.2) is 4.98 Å². The first-order valence-electron chi connectivity index (χ1n) is 18.2. The molecule has 6 rings (SSSR count). The van der Waals surface area contributed by atoms with Crippen LogP contribution in [0.1, 0.15) is 131 Å². The van der Waals surface area contributed by atoms with E-state index in [1.807, 2.05) is 0 Å². The van der Waals surface area contributed by atoms with E-state index < -0.39 is 0 Å². The Balaban J connectivity index is 1.50. The molecule has 0 bridgehead atoms. The predicted octanol–water partition coefficient (Wildman–Crippen LogP) is 11.4. The number of nitrogens with one attached hydrogen (secondary N) is 1. The van der Waals surface area contributed by atoms with Crippen LogP contribution < -0.4 is 5.32 Å². The molecule has 0 amide bonds. The van der Waals surface area contributed by atoms with Crippen LogP contribution in [0.3, 0.4) is 0 Å². The van der Waals surface area contributed by atoms with Crippen LogP contribution in [0, 0.1) is 32.1 Å². The highest BCUT2D eigenvalue weighted by Gasteiger charge is 2.36. The Bertz CT molecular complexity index is 1740. The van der Waals surface area contributed by atoms with Gasteiger partial charge in [-0.3, -0.25) is 0 Å². The number of benzene rings is 3. The van der Waals surface area contributed by atoms with Crippen LogP contribution in [0.2, 0.25) is 0 Å². The smallest absolute Gasteiger partial charge is 0.141 e. The molecule has 1 atom stereocenters. The van der Waals surface area contributed by atoms with Gasteiger partial charge in [-0.05, 0) is 141 Å². The van der Waals surface area contributed by atoms with Crippen molar-refractivity contribution in [2.45, 2.75) is 119 Å². The maximum Gasteiger partial charge on any atom is 0.141 e. The van der Waals surface area contributed by atoms with Gasteiger partial charge in [0.05, 0.1) is 11.0 Å². The molecule has 1 N–H and O–H groups in total. The third-order valence-corrected chi connectivity index (χ3v) is 11.7. The molecule has 3 heteroatoms. The van der Waals surface area contributed by atoms with E-state index in [0.29, 0.717) is 11.3 Å². The summed E-state index contributed by atoms with van der Waals surface area (Å²) in [5.41, 5.74) is 16.5. The van der Waals surface area contributed by atoms with E-state index in [-0.39, 0.29) is 0 Å². The summed E-state index contributed by atoms with van der Waals surface area (Å²) in [6.45, 7) is 18.2. The quantitative estimate of drug-likeness (QED) is 0.182. The summed E-state index contributed by atoms with van der Waals surface area (Å²) in [6.07, 6.45) is 11.9. The molecule has 2 saturated carbocycles. The van der Waals surface area contributed by atoms with E-state index >= 15 is 0 Å². The highest BCUT2D eigenvalue weighted by atomic mass is 15.1. The number of aryl methyl sites for hydroxylation is 3. The molecule has 0 spiro atoms. The van der Waals surface area contributed by atoms with E-state index in [1.54, 1.807) is 0 Å². The first-order chi connectivity index (χ1) is 22.1. The van der Waals surface area contributed by atoms with Gasteiger partial charge in [0, 0.05) is 19.2 Å². The minimum Gasteiger partial charge on any atom is -0.327 e. The van der Waals surface area contributed by atoms with Crippen LogP contribution in [-0.2, 0) is 13.6 Å². The van der Waals surface area contributed by atoms with E-state index in [2.05, 4.69) is 114 Å². The molecule has 0 aliphatic heterocycles. The minimum absolute atomic E-state index is 0.514. The summed E-state index contributed by atoms with van der Waals surface area (Å²) in [5, 5.41) is 3.55. The van der Waals surface area contributed by atoms with Crippen molar-refractivity contribution in [2.75, 3.05) is 6.54 Å². The number of imidazole rings is 1. The Labute approximate surface area is 278 Å². The number of aromatic nitrogens is 2. The lowest BCUT2D eigenvalue weighted by Gasteiger charge is -2.28. The number of hydrogen-bond acceptors (Lipinski definition) is 2. The number of rotatable bonds is 11. The van der Waals surface area contributed by atoms with Crippen molar-refractivity contribution in [1.29, 1.82) is 0 Å². The van der Waals surface area contributed by atoms with Crippen molar-refractivity contribution < 1.29 is 0 Å². The van der Waals surface area contributed by atoms with Crippen LogP contribution in [0.4, 0.5) is 0 Å². The van der Waals surface area contributed by atoms with Crippen molar-refractivity contribution in [3.63, 3.8) is 0 Å². The van der Waals surface area contributed by atoms with Gasteiger partial charge in [0.25, 0.3) is 0 Å². The van der Waals surface area contributed by atoms with Crippen LogP contribution in [0.5, 0.6) is 0 Å². The average molecular weight is 616 g/mol. The van der Waals surface area contributed by atoms with Gasteiger partial charge in [0.15, 0.2) is 0 Å². The summed E-state index contributed by atoms with van der Waals surface area (Å²) in [4.78, 5) is 5.61.